The number of amides is 1. The number of fused-ring (bicyclic) bond motifs is 1. The number of benzene rings is 1. The molecule has 1 heterocycles. The summed E-state index contributed by atoms with van der Waals surface area (Å²) >= 11 is 0. The van der Waals surface area contributed by atoms with E-state index in [2.05, 4.69) is 36.4 Å². The van der Waals surface area contributed by atoms with Crippen LogP contribution in [0.3, 0.4) is 0 Å². The maximum absolute atomic E-state index is 11.5. The molecule has 1 aromatic heterocycles. The van der Waals surface area contributed by atoms with E-state index in [1.54, 1.807) is 7.11 Å². The number of aliphatic imine (C=N–C) groups is 1. The van der Waals surface area contributed by atoms with Crippen molar-refractivity contribution in [3.05, 3.63) is 35.4 Å². The maximum atomic E-state index is 11.5. The quantitative estimate of drug-likeness (QED) is 0.408. The van der Waals surface area contributed by atoms with Crippen molar-refractivity contribution in [1.29, 1.82) is 0 Å². The number of carbonyl (C=O) groups is 1. The lowest BCUT2D eigenvalue weighted by molar-refractivity contribution is -0.115. The molecule has 0 bridgehead atoms. The van der Waals surface area contributed by atoms with Crippen molar-refractivity contribution in [2.24, 2.45) is 16.6 Å². The summed E-state index contributed by atoms with van der Waals surface area (Å²) in [5.41, 5.74) is 8.72. The fourth-order valence-electron chi connectivity index (χ4n) is 3.37. The van der Waals surface area contributed by atoms with Gasteiger partial charge in [0.1, 0.15) is 11.7 Å². The second-order valence-electron chi connectivity index (χ2n) is 8.07. The smallest absolute Gasteiger partial charge is 0.244 e. The summed E-state index contributed by atoms with van der Waals surface area (Å²) in [6.45, 7) is 11.4. The first kappa shape index (κ1) is 23.8. The zero-order valence-corrected chi connectivity index (χ0v) is 19.0. The normalized spacial score (nSPS) is 14.2. The summed E-state index contributed by atoms with van der Waals surface area (Å²) in [4.78, 5) is 20.2. The van der Waals surface area contributed by atoms with Crippen LogP contribution >= 0.6 is 0 Å². The molecule has 164 valence electrons. The van der Waals surface area contributed by atoms with Crippen LogP contribution in [0.15, 0.2) is 29.3 Å². The van der Waals surface area contributed by atoms with E-state index in [0.717, 1.165) is 29.4 Å². The molecule has 2 atom stereocenters. The number of anilines is 1. The number of ether oxygens (including phenoxy) is 1. The Kier molecular flexibility index (Phi) is 8.74. The number of carbonyl (C=O) groups excluding carboxylic acids is 1. The van der Waals surface area contributed by atoms with Gasteiger partial charge in [-0.05, 0) is 44.0 Å². The number of hydrogen-bond donors (Lipinski definition) is 3. The molecular formula is C23H35N5O2. The van der Waals surface area contributed by atoms with Gasteiger partial charge in [0.05, 0.1) is 17.2 Å². The molecule has 0 spiro atoms. The largest absolute Gasteiger partial charge is 0.383 e. The topological polar surface area (TPSA) is 102 Å². The van der Waals surface area contributed by atoms with Gasteiger partial charge in [-0.2, -0.15) is 4.99 Å². The van der Waals surface area contributed by atoms with Crippen LogP contribution in [0.1, 0.15) is 45.2 Å². The van der Waals surface area contributed by atoms with Gasteiger partial charge >= 0.3 is 0 Å². The molecule has 1 aromatic carbocycles. The van der Waals surface area contributed by atoms with E-state index in [4.69, 9.17) is 15.5 Å². The van der Waals surface area contributed by atoms with Crippen LogP contribution in [0.25, 0.3) is 10.9 Å². The van der Waals surface area contributed by atoms with Crippen molar-refractivity contribution >= 4 is 28.5 Å². The van der Waals surface area contributed by atoms with Crippen LogP contribution in [0.5, 0.6) is 0 Å². The maximum Gasteiger partial charge on any atom is 0.244 e. The summed E-state index contributed by atoms with van der Waals surface area (Å²) in [5.74, 6) is 0.959. The number of nitrogens with one attached hydrogen (secondary N) is 2. The number of nitrogens with two attached hydrogens (primary N) is 1. The molecule has 2 unspecified atom stereocenters. The van der Waals surface area contributed by atoms with Crippen LogP contribution in [0, 0.1) is 12.8 Å². The monoisotopic (exact) mass is 413 g/mol. The number of hydrogen-bond acceptors (Lipinski definition) is 5. The Morgan fingerprint density at radius 3 is 2.60 bits per heavy atom. The average Bonchev–Trinajstić information content (AvgIpc) is 2.69. The predicted molar refractivity (Wildman–Crippen MR) is 124 cm³/mol. The van der Waals surface area contributed by atoms with E-state index in [1.807, 2.05) is 31.2 Å². The lowest BCUT2D eigenvalue weighted by Crippen LogP contribution is -2.45. The van der Waals surface area contributed by atoms with Crippen LogP contribution < -0.4 is 16.4 Å². The molecule has 1 amide bonds. The molecule has 0 radical (unpaired) electrons. The molecule has 2 rings (SSSR count). The van der Waals surface area contributed by atoms with Gasteiger partial charge in [-0.3, -0.25) is 4.79 Å². The summed E-state index contributed by atoms with van der Waals surface area (Å²) in [5, 5.41) is 7.91. The van der Waals surface area contributed by atoms with E-state index in [9.17, 15) is 4.79 Å². The van der Waals surface area contributed by atoms with Gasteiger partial charge in [-0.25, -0.2) is 4.98 Å². The molecule has 0 saturated carbocycles. The number of nitrogens with zero attached hydrogens (tertiary/aromatic N) is 2. The van der Waals surface area contributed by atoms with Crippen LogP contribution in [0.4, 0.5) is 5.82 Å². The highest BCUT2D eigenvalue weighted by molar-refractivity contribution is 6.08. The Balaban J connectivity index is 2.34. The van der Waals surface area contributed by atoms with Crippen molar-refractivity contribution in [2.45, 2.75) is 53.2 Å². The zero-order valence-electron chi connectivity index (χ0n) is 19.0. The first-order valence-corrected chi connectivity index (χ1v) is 10.5. The molecule has 7 heteroatoms. The fourth-order valence-corrected chi connectivity index (χ4v) is 3.37. The van der Waals surface area contributed by atoms with Crippen molar-refractivity contribution < 1.29 is 9.53 Å². The van der Waals surface area contributed by atoms with E-state index >= 15 is 0 Å². The molecule has 2 aromatic rings. The summed E-state index contributed by atoms with van der Waals surface area (Å²) < 4.78 is 5.76. The Bertz CT molecular complexity index is 895. The van der Waals surface area contributed by atoms with Crippen molar-refractivity contribution in [2.75, 3.05) is 25.5 Å². The third-order valence-electron chi connectivity index (χ3n) is 4.97. The summed E-state index contributed by atoms with van der Waals surface area (Å²) in [6.07, 6.45) is 0.890. The van der Waals surface area contributed by atoms with Gasteiger partial charge in [0.25, 0.3) is 0 Å². The number of pyridine rings is 1. The molecule has 0 aliphatic carbocycles. The van der Waals surface area contributed by atoms with Gasteiger partial charge in [0.15, 0.2) is 0 Å². The zero-order chi connectivity index (χ0) is 22.3. The molecule has 0 fully saturated rings. The molecule has 7 nitrogen and oxygen atoms in total. The van der Waals surface area contributed by atoms with E-state index in [1.165, 1.54) is 6.92 Å². The van der Waals surface area contributed by atoms with Crippen molar-refractivity contribution in [1.82, 2.24) is 10.3 Å². The molecule has 4 N–H and O–H groups in total. The van der Waals surface area contributed by atoms with Gasteiger partial charge in [0.2, 0.25) is 5.91 Å². The van der Waals surface area contributed by atoms with Gasteiger partial charge in [-0.1, -0.05) is 32.4 Å². The minimum Gasteiger partial charge on any atom is -0.383 e. The molecule has 0 saturated heterocycles. The second-order valence-corrected chi connectivity index (χ2v) is 8.07. The summed E-state index contributed by atoms with van der Waals surface area (Å²) in [6, 6.07) is 8.17. The Labute approximate surface area is 179 Å². The molecular weight excluding hydrogens is 378 g/mol. The van der Waals surface area contributed by atoms with E-state index < -0.39 is 0 Å². The molecule has 0 aliphatic rings. The van der Waals surface area contributed by atoms with E-state index in [-0.39, 0.29) is 23.9 Å². The third kappa shape index (κ3) is 6.50. The number of amidine groups is 1. The van der Waals surface area contributed by atoms with Crippen LogP contribution in [0.2, 0.25) is 0 Å². The Morgan fingerprint density at radius 1 is 1.27 bits per heavy atom. The minimum atomic E-state index is -0.346. The highest BCUT2D eigenvalue weighted by Gasteiger charge is 2.21. The van der Waals surface area contributed by atoms with E-state index in [0.29, 0.717) is 23.8 Å². The first-order chi connectivity index (χ1) is 14.2. The summed E-state index contributed by atoms with van der Waals surface area (Å²) in [7, 11) is 1.72. The number of aryl methyl sites for hydroxylation is 1. The molecule has 30 heavy (non-hydrogen) atoms. The lowest BCUT2D eigenvalue weighted by atomic mass is 10.1. The van der Waals surface area contributed by atoms with Crippen LogP contribution in [-0.4, -0.2) is 49.1 Å². The van der Waals surface area contributed by atoms with Gasteiger partial charge < -0.3 is 21.1 Å². The number of methoxy groups -OCH3 is 1. The van der Waals surface area contributed by atoms with Gasteiger partial charge in [-0.15, -0.1) is 0 Å². The number of aromatic nitrogens is 1. The first-order valence-electron chi connectivity index (χ1n) is 10.5. The lowest BCUT2D eigenvalue weighted by Gasteiger charge is -2.27. The fraction of sp³-hybridized carbons (Fsp3) is 0.522. The minimum absolute atomic E-state index is 0.0527. The highest BCUT2D eigenvalue weighted by atomic mass is 16.5. The second kappa shape index (κ2) is 11.0. The Morgan fingerprint density at radius 2 is 2.00 bits per heavy atom. The predicted octanol–water partition coefficient (Wildman–Crippen LogP) is 3.25. The van der Waals surface area contributed by atoms with Crippen molar-refractivity contribution in [3.63, 3.8) is 0 Å². The third-order valence-corrected chi connectivity index (χ3v) is 4.97. The van der Waals surface area contributed by atoms with Gasteiger partial charge in [0, 0.05) is 32.0 Å². The Hall–Kier alpha value is -2.51. The SMILES string of the molecule is CCC(NCC(C)C)C(CNc1nc2ccc(C)cc2cc1C(N)=NC(C)=O)OC. The van der Waals surface area contributed by atoms with Crippen LogP contribution in [-0.2, 0) is 9.53 Å². The average molecular weight is 414 g/mol. The standard InChI is InChI=1S/C23H35N5O2/c1-7-19(25-12-14(2)3)21(30-6)13-26-23-18(22(24)27-16(5)29)11-17-10-15(4)8-9-20(17)28-23/h8-11,14,19,21,25H,7,12-13H2,1-6H3,(H,26,28)(H2,24,27,29). The van der Waals surface area contributed by atoms with Crippen molar-refractivity contribution in [3.8, 4) is 0 Å². The highest BCUT2D eigenvalue weighted by Crippen LogP contribution is 2.22. The molecule has 0 aliphatic heterocycles. The number of rotatable bonds is 10.